The van der Waals surface area contributed by atoms with E-state index in [0.29, 0.717) is 18.6 Å². The molecule has 0 radical (unpaired) electrons. The molecule has 0 aromatic heterocycles. The van der Waals surface area contributed by atoms with E-state index < -0.39 is 5.60 Å². The van der Waals surface area contributed by atoms with Crippen LogP contribution in [0.5, 0.6) is 5.75 Å². The van der Waals surface area contributed by atoms with Gasteiger partial charge in [-0.3, -0.25) is 4.79 Å². The van der Waals surface area contributed by atoms with Crippen molar-refractivity contribution in [3.8, 4) is 11.8 Å². The number of ketones is 1. The zero-order valence-electron chi connectivity index (χ0n) is 14.9. The van der Waals surface area contributed by atoms with Crippen LogP contribution < -0.4 is 4.74 Å². The summed E-state index contributed by atoms with van der Waals surface area (Å²) in [4.78, 5) is 13.3. The molecular weight excluding hydrogens is 326 g/mol. The normalized spacial score (nSPS) is 26.0. The second-order valence-corrected chi connectivity index (χ2v) is 7.51. The predicted octanol–water partition coefficient (Wildman–Crippen LogP) is 4.10. The topological polar surface area (TPSA) is 59.3 Å². The zero-order valence-corrected chi connectivity index (χ0v) is 14.9. The Bertz CT molecular complexity index is 882. The molecule has 2 aromatic rings. The molecule has 4 heteroatoms. The van der Waals surface area contributed by atoms with Crippen LogP contribution in [0.1, 0.15) is 47.7 Å². The lowest BCUT2D eigenvalue weighted by molar-refractivity contribution is -0.128. The first kappa shape index (κ1) is 16.8. The van der Waals surface area contributed by atoms with E-state index >= 15 is 0 Å². The molecule has 1 fully saturated rings. The van der Waals surface area contributed by atoms with Crippen LogP contribution in [0.15, 0.2) is 48.5 Å². The van der Waals surface area contributed by atoms with Crippen molar-refractivity contribution in [2.75, 3.05) is 6.61 Å². The van der Waals surface area contributed by atoms with E-state index in [2.05, 4.69) is 6.07 Å². The molecule has 0 saturated carbocycles. The first-order valence-corrected chi connectivity index (χ1v) is 8.95. The molecule has 0 amide bonds. The Morgan fingerprint density at radius 2 is 1.96 bits per heavy atom. The van der Waals surface area contributed by atoms with E-state index in [4.69, 9.17) is 9.47 Å². The maximum Gasteiger partial charge on any atom is 0.166 e. The number of fused-ring (bicyclic) bond motifs is 3. The fraction of sp³-hybridized carbons (Fsp3) is 0.364. The van der Waals surface area contributed by atoms with Crippen molar-refractivity contribution in [1.29, 1.82) is 5.26 Å². The number of carbonyl (C=O) groups excluding carboxylic acids is 1. The van der Waals surface area contributed by atoms with Gasteiger partial charge in [0.1, 0.15) is 17.5 Å². The van der Waals surface area contributed by atoms with Gasteiger partial charge in [0.25, 0.3) is 0 Å². The monoisotopic (exact) mass is 347 g/mol. The van der Waals surface area contributed by atoms with Crippen molar-refractivity contribution in [3.63, 3.8) is 0 Å². The Morgan fingerprint density at radius 3 is 2.69 bits per heavy atom. The van der Waals surface area contributed by atoms with Gasteiger partial charge in [0, 0.05) is 29.6 Å². The van der Waals surface area contributed by atoms with Gasteiger partial charge in [0.05, 0.1) is 11.6 Å². The van der Waals surface area contributed by atoms with Gasteiger partial charge >= 0.3 is 0 Å². The van der Waals surface area contributed by atoms with E-state index in [1.54, 1.807) is 6.07 Å². The number of Topliss-reactive ketones (excluding diaryl/α,β-unsaturated/α-hetero) is 1. The summed E-state index contributed by atoms with van der Waals surface area (Å²) in [7, 11) is 0. The van der Waals surface area contributed by atoms with Gasteiger partial charge in [0.2, 0.25) is 0 Å². The van der Waals surface area contributed by atoms with Gasteiger partial charge in [-0.15, -0.1) is 0 Å². The Balaban J connectivity index is 1.82. The highest BCUT2D eigenvalue weighted by atomic mass is 16.6. The summed E-state index contributed by atoms with van der Waals surface area (Å²) in [5.41, 5.74) is 1.66. The standard InChI is InChI=1S/C22H21NO3/c1-22(2)21-19(17-12-14(13-23)8-9-18(17)26-22)16(10-11-25-21)20(24)15-6-4-3-5-7-15/h3-9,12,16,19,21H,10-11H2,1-2H3/t16?,19-,21-/m1/s1. The van der Waals surface area contributed by atoms with Crippen LogP contribution in [0, 0.1) is 17.2 Å². The summed E-state index contributed by atoms with van der Waals surface area (Å²) in [6.45, 7) is 4.53. The number of hydrogen-bond acceptors (Lipinski definition) is 4. The molecule has 0 spiro atoms. The molecule has 0 aliphatic carbocycles. The van der Waals surface area contributed by atoms with Crippen LogP contribution in [-0.4, -0.2) is 24.1 Å². The molecule has 3 atom stereocenters. The van der Waals surface area contributed by atoms with Crippen LogP contribution >= 0.6 is 0 Å². The Morgan fingerprint density at radius 1 is 1.19 bits per heavy atom. The number of rotatable bonds is 2. The minimum absolute atomic E-state index is 0.122. The molecule has 132 valence electrons. The molecule has 0 bridgehead atoms. The second kappa shape index (κ2) is 6.26. The number of hydrogen-bond donors (Lipinski definition) is 0. The third-order valence-electron chi connectivity index (χ3n) is 5.44. The molecule has 2 aliphatic heterocycles. The van der Waals surface area contributed by atoms with E-state index in [1.807, 2.05) is 56.3 Å². The molecule has 2 aliphatic rings. The van der Waals surface area contributed by atoms with Crippen molar-refractivity contribution >= 4 is 5.78 Å². The van der Waals surface area contributed by atoms with Crippen molar-refractivity contribution in [3.05, 3.63) is 65.2 Å². The van der Waals surface area contributed by atoms with Crippen molar-refractivity contribution in [2.24, 2.45) is 5.92 Å². The van der Waals surface area contributed by atoms with Gasteiger partial charge in [-0.1, -0.05) is 30.3 Å². The Labute approximate surface area is 153 Å². The van der Waals surface area contributed by atoms with Crippen LogP contribution in [0.3, 0.4) is 0 Å². The first-order valence-electron chi connectivity index (χ1n) is 8.95. The van der Waals surface area contributed by atoms with Gasteiger partial charge in [0.15, 0.2) is 5.78 Å². The highest BCUT2D eigenvalue weighted by Gasteiger charge is 2.51. The molecule has 4 nitrogen and oxygen atoms in total. The number of carbonyl (C=O) groups is 1. The van der Waals surface area contributed by atoms with Gasteiger partial charge in [-0.05, 0) is 38.5 Å². The quantitative estimate of drug-likeness (QED) is 0.768. The number of ether oxygens (including phenoxy) is 2. The lowest BCUT2D eigenvalue weighted by Gasteiger charge is -2.49. The van der Waals surface area contributed by atoms with E-state index in [-0.39, 0.29) is 23.7 Å². The largest absolute Gasteiger partial charge is 0.485 e. The molecule has 1 unspecified atom stereocenters. The van der Waals surface area contributed by atoms with E-state index in [0.717, 1.165) is 16.9 Å². The summed E-state index contributed by atoms with van der Waals surface area (Å²) in [5, 5.41) is 9.30. The number of benzene rings is 2. The third-order valence-corrected chi connectivity index (χ3v) is 5.44. The third kappa shape index (κ3) is 2.69. The fourth-order valence-corrected chi connectivity index (χ4v) is 4.25. The first-order chi connectivity index (χ1) is 12.5. The number of nitrogens with zero attached hydrogens (tertiary/aromatic N) is 1. The smallest absolute Gasteiger partial charge is 0.166 e. The SMILES string of the molecule is CC1(C)Oc2ccc(C#N)cc2[C@H]2C(C(=O)c3ccccc3)CCO[C@H]21. The van der Waals surface area contributed by atoms with E-state index in [9.17, 15) is 10.1 Å². The summed E-state index contributed by atoms with van der Waals surface area (Å²) >= 11 is 0. The zero-order chi connectivity index (χ0) is 18.3. The predicted molar refractivity (Wildman–Crippen MR) is 97.2 cm³/mol. The average molecular weight is 347 g/mol. The lowest BCUT2D eigenvalue weighted by atomic mass is 9.69. The summed E-state index contributed by atoms with van der Waals surface area (Å²) < 4.78 is 12.3. The van der Waals surface area contributed by atoms with Crippen LogP contribution in [0.2, 0.25) is 0 Å². The highest BCUT2D eigenvalue weighted by molar-refractivity contribution is 5.98. The van der Waals surface area contributed by atoms with E-state index in [1.165, 1.54) is 0 Å². The van der Waals surface area contributed by atoms with Crippen molar-refractivity contribution in [2.45, 2.75) is 37.9 Å². The molecule has 1 saturated heterocycles. The Hall–Kier alpha value is -2.64. The summed E-state index contributed by atoms with van der Waals surface area (Å²) in [6.07, 6.45) is 0.441. The maximum absolute atomic E-state index is 13.3. The van der Waals surface area contributed by atoms with Gasteiger partial charge in [-0.25, -0.2) is 0 Å². The summed E-state index contributed by atoms with van der Waals surface area (Å²) in [6, 6.07) is 17.1. The van der Waals surface area contributed by atoms with Gasteiger partial charge in [-0.2, -0.15) is 5.26 Å². The molecule has 2 aromatic carbocycles. The molecular formula is C22H21NO3. The maximum atomic E-state index is 13.3. The molecule has 26 heavy (non-hydrogen) atoms. The number of nitriles is 1. The molecule has 0 N–H and O–H groups in total. The van der Waals surface area contributed by atoms with Gasteiger partial charge < -0.3 is 9.47 Å². The Kier molecular flexibility index (Phi) is 4.05. The molecule has 4 rings (SSSR count). The minimum Gasteiger partial charge on any atom is -0.485 e. The van der Waals surface area contributed by atoms with Crippen LogP contribution in [0.4, 0.5) is 0 Å². The van der Waals surface area contributed by atoms with Crippen molar-refractivity contribution < 1.29 is 14.3 Å². The second-order valence-electron chi connectivity index (χ2n) is 7.51. The highest BCUT2D eigenvalue weighted by Crippen LogP contribution is 2.49. The van der Waals surface area contributed by atoms with Crippen molar-refractivity contribution in [1.82, 2.24) is 0 Å². The molecule has 2 heterocycles. The van der Waals surface area contributed by atoms with Crippen LogP contribution in [-0.2, 0) is 4.74 Å². The fourth-order valence-electron chi connectivity index (χ4n) is 4.25. The average Bonchev–Trinajstić information content (AvgIpc) is 2.67. The van der Waals surface area contributed by atoms with Crippen LogP contribution in [0.25, 0.3) is 0 Å². The minimum atomic E-state index is -0.540. The summed E-state index contributed by atoms with van der Waals surface area (Å²) in [5.74, 6) is 0.567. The lowest BCUT2D eigenvalue weighted by Crippen LogP contribution is -2.55.